The van der Waals surface area contributed by atoms with E-state index in [0.717, 1.165) is 46.1 Å². The molecule has 5 rings (SSSR count). The lowest BCUT2D eigenvalue weighted by atomic mass is 9.89. The molecule has 1 aromatic carbocycles. The van der Waals surface area contributed by atoms with Crippen molar-refractivity contribution in [2.75, 3.05) is 5.75 Å². The maximum absolute atomic E-state index is 13.9. The van der Waals surface area contributed by atoms with Crippen LogP contribution in [0.1, 0.15) is 56.4 Å². The minimum atomic E-state index is -0.00619. The summed E-state index contributed by atoms with van der Waals surface area (Å²) in [7, 11) is 0. The summed E-state index contributed by atoms with van der Waals surface area (Å²) in [6.45, 7) is 4.50. The van der Waals surface area contributed by atoms with Gasteiger partial charge in [-0.3, -0.25) is 4.79 Å². The van der Waals surface area contributed by atoms with E-state index in [1.165, 1.54) is 36.1 Å². The number of hydrogen-bond donors (Lipinski definition) is 0. The second-order valence-electron chi connectivity index (χ2n) is 8.68. The molecule has 0 radical (unpaired) electrons. The number of nitrogens with zero attached hydrogens (tertiary/aromatic N) is 4. The van der Waals surface area contributed by atoms with Crippen LogP contribution >= 0.6 is 34.7 Å². The van der Waals surface area contributed by atoms with Crippen LogP contribution in [0.5, 0.6) is 0 Å². The molecule has 1 aliphatic carbocycles. The molecule has 1 aliphatic rings. The van der Waals surface area contributed by atoms with E-state index >= 15 is 0 Å². The SMILES string of the molecule is CCCCCCSc1nnc2n(-c3ccc(Cl)cc3)c(=O)c3c4c(sc3n12)CCC(C)C4. The van der Waals surface area contributed by atoms with Gasteiger partial charge in [-0.1, -0.05) is 56.5 Å². The number of unbranched alkanes of at least 4 members (excludes halogenated alkanes) is 3. The summed E-state index contributed by atoms with van der Waals surface area (Å²) in [4.78, 5) is 16.2. The zero-order chi connectivity index (χ0) is 22.2. The Bertz CT molecular complexity index is 1320. The minimum absolute atomic E-state index is 0.00619. The Kier molecular flexibility index (Phi) is 6.32. The van der Waals surface area contributed by atoms with Crippen LogP contribution in [-0.4, -0.2) is 24.9 Å². The normalized spacial score (nSPS) is 16.2. The van der Waals surface area contributed by atoms with Gasteiger partial charge in [-0.05, 0) is 61.4 Å². The summed E-state index contributed by atoms with van der Waals surface area (Å²) in [6.07, 6.45) is 8.05. The van der Waals surface area contributed by atoms with Gasteiger partial charge in [-0.25, -0.2) is 8.97 Å². The van der Waals surface area contributed by atoms with E-state index in [0.29, 0.717) is 16.7 Å². The molecule has 1 atom stereocenters. The molecule has 0 fully saturated rings. The number of rotatable bonds is 7. The van der Waals surface area contributed by atoms with E-state index in [9.17, 15) is 4.79 Å². The lowest BCUT2D eigenvalue weighted by molar-refractivity contribution is 0.508. The molecule has 3 heterocycles. The maximum atomic E-state index is 13.9. The molecule has 168 valence electrons. The summed E-state index contributed by atoms with van der Waals surface area (Å²) in [6, 6.07) is 7.39. The average molecular weight is 487 g/mol. The van der Waals surface area contributed by atoms with Gasteiger partial charge in [-0.15, -0.1) is 21.5 Å². The highest BCUT2D eigenvalue weighted by Gasteiger charge is 2.27. The molecular weight excluding hydrogens is 460 g/mol. The first-order valence-electron chi connectivity index (χ1n) is 11.4. The van der Waals surface area contributed by atoms with Gasteiger partial charge in [0.05, 0.1) is 11.1 Å². The van der Waals surface area contributed by atoms with Crippen LogP contribution in [0.3, 0.4) is 0 Å². The fourth-order valence-corrected chi connectivity index (χ4v) is 6.97. The standard InChI is InChI=1S/C24H27ClN4OS2/c1-3-4-5-6-13-31-24-27-26-23-28(17-10-8-16(25)9-11-17)21(30)20-18-14-15(2)7-12-19(18)32-22(20)29(23)24/h8-11,15H,3-7,12-14H2,1-2H3. The summed E-state index contributed by atoms with van der Waals surface area (Å²) < 4.78 is 3.82. The number of fused-ring (bicyclic) bond motifs is 5. The lowest BCUT2D eigenvalue weighted by Gasteiger charge is -2.18. The topological polar surface area (TPSA) is 52.2 Å². The van der Waals surface area contributed by atoms with Gasteiger partial charge in [0, 0.05) is 15.7 Å². The zero-order valence-corrected chi connectivity index (χ0v) is 20.8. The van der Waals surface area contributed by atoms with Crippen LogP contribution in [0.2, 0.25) is 5.02 Å². The number of thioether (sulfide) groups is 1. The molecule has 0 saturated heterocycles. The largest absolute Gasteiger partial charge is 0.268 e. The first-order valence-corrected chi connectivity index (χ1v) is 13.6. The molecule has 8 heteroatoms. The van der Waals surface area contributed by atoms with Crippen molar-refractivity contribution in [1.82, 2.24) is 19.2 Å². The quantitative estimate of drug-likeness (QED) is 0.219. The summed E-state index contributed by atoms with van der Waals surface area (Å²) >= 11 is 9.61. The van der Waals surface area contributed by atoms with Gasteiger partial charge in [0.25, 0.3) is 5.56 Å². The van der Waals surface area contributed by atoms with Crippen LogP contribution < -0.4 is 5.56 Å². The monoisotopic (exact) mass is 486 g/mol. The van der Waals surface area contributed by atoms with Crippen molar-refractivity contribution in [3.63, 3.8) is 0 Å². The third-order valence-corrected chi connectivity index (χ3v) is 8.78. The van der Waals surface area contributed by atoms with Crippen molar-refractivity contribution in [2.45, 2.75) is 63.9 Å². The van der Waals surface area contributed by atoms with E-state index in [1.807, 2.05) is 24.3 Å². The fourth-order valence-electron chi connectivity index (χ4n) is 4.52. The van der Waals surface area contributed by atoms with Crippen LogP contribution in [0.4, 0.5) is 0 Å². The van der Waals surface area contributed by atoms with Gasteiger partial charge in [0.2, 0.25) is 5.78 Å². The Balaban J connectivity index is 1.71. The Morgan fingerprint density at radius 2 is 2.00 bits per heavy atom. The molecule has 5 nitrogen and oxygen atoms in total. The van der Waals surface area contributed by atoms with Crippen molar-refractivity contribution in [2.24, 2.45) is 5.92 Å². The molecule has 0 amide bonds. The van der Waals surface area contributed by atoms with Crippen LogP contribution in [0.15, 0.2) is 34.2 Å². The number of thiophene rings is 1. The molecule has 32 heavy (non-hydrogen) atoms. The third-order valence-electron chi connectivity index (χ3n) is 6.24. The van der Waals surface area contributed by atoms with Crippen LogP contribution in [0, 0.1) is 5.92 Å². The summed E-state index contributed by atoms with van der Waals surface area (Å²) in [5.41, 5.74) is 1.99. The maximum Gasteiger partial charge on any atom is 0.268 e. The van der Waals surface area contributed by atoms with E-state index in [1.54, 1.807) is 27.7 Å². The molecular formula is C24H27ClN4OS2. The summed E-state index contributed by atoms with van der Waals surface area (Å²) in [5.74, 6) is 2.17. The van der Waals surface area contributed by atoms with Crippen molar-refractivity contribution < 1.29 is 0 Å². The number of halogens is 1. The Morgan fingerprint density at radius 1 is 1.19 bits per heavy atom. The van der Waals surface area contributed by atoms with Gasteiger partial charge in [0.1, 0.15) is 4.83 Å². The number of hydrogen-bond acceptors (Lipinski definition) is 5. The molecule has 3 aromatic heterocycles. The number of benzene rings is 1. The van der Waals surface area contributed by atoms with Crippen molar-refractivity contribution >= 4 is 50.7 Å². The van der Waals surface area contributed by atoms with Crippen LogP contribution in [0.25, 0.3) is 21.7 Å². The Labute approximate surface area is 200 Å². The average Bonchev–Trinajstić information content (AvgIpc) is 3.36. The minimum Gasteiger partial charge on any atom is -0.268 e. The van der Waals surface area contributed by atoms with E-state index in [-0.39, 0.29) is 5.56 Å². The summed E-state index contributed by atoms with van der Waals surface area (Å²) in [5, 5.41) is 11.4. The molecule has 0 saturated carbocycles. The van der Waals surface area contributed by atoms with Crippen molar-refractivity contribution in [3.05, 3.63) is 50.1 Å². The number of aromatic nitrogens is 4. The van der Waals surface area contributed by atoms with Gasteiger partial charge < -0.3 is 0 Å². The van der Waals surface area contributed by atoms with Crippen molar-refractivity contribution in [1.29, 1.82) is 0 Å². The molecule has 4 aromatic rings. The Morgan fingerprint density at radius 3 is 2.78 bits per heavy atom. The smallest absolute Gasteiger partial charge is 0.268 e. The van der Waals surface area contributed by atoms with E-state index in [4.69, 9.17) is 11.6 Å². The van der Waals surface area contributed by atoms with Gasteiger partial charge in [0.15, 0.2) is 5.16 Å². The lowest BCUT2D eigenvalue weighted by Crippen LogP contribution is -2.22. The number of aryl methyl sites for hydroxylation is 1. The first-order chi connectivity index (χ1) is 15.6. The molecule has 0 aliphatic heterocycles. The second-order valence-corrected chi connectivity index (χ2v) is 11.3. The molecule has 1 unspecified atom stereocenters. The van der Waals surface area contributed by atoms with Gasteiger partial charge in [-0.2, -0.15) is 0 Å². The first kappa shape index (κ1) is 22.0. The zero-order valence-electron chi connectivity index (χ0n) is 18.4. The third kappa shape index (κ3) is 3.88. The Hall–Kier alpha value is -1.83. The van der Waals surface area contributed by atoms with E-state index < -0.39 is 0 Å². The second kappa shape index (κ2) is 9.20. The molecule has 0 bridgehead atoms. The van der Waals surface area contributed by atoms with Crippen LogP contribution in [-0.2, 0) is 12.8 Å². The highest BCUT2D eigenvalue weighted by Crippen LogP contribution is 2.38. The molecule has 0 spiro atoms. The predicted octanol–water partition coefficient (Wildman–Crippen LogP) is 6.55. The van der Waals surface area contributed by atoms with Crippen molar-refractivity contribution in [3.8, 4) is 5.69 Å². The highest BCUT2D eigenvalue weighted by molar-refractivity contribution is 7.99. The highest BCUT2D eigenvalue weighted by atomic mass is 35.5. The molecule has 0 N–H and O–H groups in total. The van der Waals surface area contributed by atoms with Gasteiger partial charge >= 0.3 is 0 Å². The fraction of sp³-hybridized carbons (Fsp3) is 0.458. The van der Waals surface area contributed by atoms with E-state index in [2.05, 4.69) is 28.4 Å². The predicted molar refractivity (Wildman–Crippen MR) is 135 cm³/mol.